The third-order valence-corrected chi connectivity index (χ3v) is 5.92. The average Bonchev–Trinajstić information content (AvgIpc) is 3.28. The van der Waals surface area contributed by atoms with Gasteiger partial charge in [-0.1, -0.05) is 30.3 Å². The number of pyridine rings is 2. The van der Waals surface area contributed by atoms with Gasteiger partial charge in [0.05, 0.1) is 5.56 Å². The van der Waals surface area contributed by atoms with Gasteiger partial charge in [0.25, 0.3) is 0 Å². The molecular weight excluding hydrogens is 406 g/mol. The molecule has 0 saturated heterocycles. The smallest absolute Gasteiger partial charge is 0.153 e. The minimum absolute atomic E-state index is 0.540. The van der Waals surface area contributed by atoms with Crippen molar-refractivity contribution in [3.63, 3.8) is 0 Å². The van der Waals surface area contributed by atoms with Crippen molar-refractivity contribution in [2.45, 2.75) is 0 Å². The van der Waals surface area contributed by atoms with Crippen LogP contribution in [-0.2, 0) is 0 Å². The van der Waals surface area contributed by atoms with E-state index in [-0.39, 0.29) is 0 Å². The van der Waals surface area contributed by atoms with Crippen molar-refractivity contribution in [1.82, 2.24) is 9.97 Å². The number of hydrogen-bond acceptors (Lipinski definition) is 4. The third-order valence-electron chi connectivity index (χ3n) is 5.92. The Kier molecular flexibility index (Phi) is 4.45. The number of rotatable bonds is 3. The van der Waals surface area contributed by atoms with Crippen LogP contribution in [0.25, 0.3) is 55.3 Å². The number of benzene rings is 3. The first-order valence-corrected chi connectivity index (χ1v) is 10.6. The predicted molar refractivity (Wildman–Crippen MR) is 130 cm³/mol. The van der Waals surface area contributed by atoms with Crippen LogP contribution in [0.5, 0.6) is 0 Å². The van der Waals surface area contributed by atoms with E-state index in [0.717, 1.165) is 49.7 Å². The number of para-hydroxylation sites is 2. The third kappa shape index (κ3) is 3.24. The van der Waals surface area contributed by atoms with Gasteiger partial charge < -0.3 is 4.42 Å². The Bertz CT molecular complexity index is 1600. The van der Waals surface area contributed by atoms with E-state index >= 15 is 0 Å². The molecule has 0 aliphatic rings. The van der Waals surface area contributed by atoms with Crippen molar-refractivity contribution in [3.8, 4) is 39.4 Å². The first-order chi connectivity index (χ1) is 16.3. The van der Waals surface area contributed by atoms with Crippen molar-refractivity contribution in [3.05, 3.63) is 109 Å². The van der Waals surface area contributed by atoms with Gasteiger partial charge in [-0.15, -0.1) is 0 Å². The zero-order chi connectivity index (χ0) is 22.2. The van der Waals surface area contributed by atoms with E-state index in [0.29, 0.717) is 11.1 Å². The quantitative estimate of drug-likeness (QED) is 0.301. The normalized spacial score (nSPS) is 11.0. The van der Waals surface area contributed by atoms with E-state index in [1.54, 1.807) is 30.9 Å². The van der Waals surface area contributed by atoms with Crippen LogP contribution >= 0.6 is 0 Å². The highest BCUT2D eigenvalue weighted by atomic mass is 16.3. The summed E-state index contributed by atoms with van der Waals surface area (Å²) >= 11 is 0. The number of hydrogen-bond donors (Lipinski definition) is 0. The molecule has 0 aliphatic carbocycles. The summed E-state index contributed by atoms with van der Waals surface area (Å²) in [7, 11) is 0. The molecule has 0 amide bonds. The second-order valence-corrected chi connectivity index (χ2v) is 7.85. The topological polar surface area (TPSA) is 62.7 Å². The summed E-state index contributed by atoms with van der Waals surface area (Å²) in [6, 6.07) is 28.7. The Morgan fingerprint density at radius 1 is 0.576 bits per heavy atom. The summed E-state index contributed by atoms with van der Waals surface area (Å²) in [5.41, 5.74) is 8.33. The largest absolute Gasteiger partial charge is 0.454 e. The lowest BCUT2D eigenvalue weighted by atomic mass is 9.93. The fourth-order valence-electron chi connectivity index (χ4n) is 4.34. The number of furan rings is 1. The van der Waals surface area contributed by atoms with E-state index in [1.807, 2.05) is 48.5 Å². The molecule has 0 N–H and O–H groups in total. The molecule has 0 atom stereocenters. The van der Waals surface area contributed by atoms with Gasteiger partial charge in [-0.05, 0) is 76.3 Å². The van der Waals surface area contributed by atoms with Crippen LogP contribution in [0, 0.1) is 11.3 Å². The Hall–Kier alpha value is -4.75. The van der Waals surface area contributed by atoms with Crippen molar-refractivity contribution in [2.24, 2.45) is 0 Å². The second kappa shape index (κ2) is 7.74. The molecule has 0 radical (unpaired) electrons. The lowest BCUT2D eigenvalue weighted by Crippen LogP contribution is -1.87. The Morgan fingerprint density at radius 2 is 1.12 bits per heavy atom. The molecule has 154 valence electrons. The first kappa shape index (κ1) is 19.0. The lowest BCUT2D eigenvalue weighted by molar-refractivity contribution is 0.668. The van der Waals surface area contributed by atoms with Crippen molar-refractivity contribution >= 4 is 21.9 Å². The van der Waals surface area contributed by atoms with Crippen LogP contribution < -0.4 is 0 Å². The maximum Gasteiger partial charge on any atom is 0.153 e. The van der Waals surface area contributed by atoms with Gasteiger partial charge in [-0.25, -0.2) is 0 Å². The molecular formula is C29H17N3O. The molecule has 33 heavy (non-hydrogen) atoms. The summed E-state index contributed by atoms with van der Waals surface area (Å²) in [5.74, 6) is 0. The minimum atomic E-state index is 0.540. The van der Waals surface area contributed by atoms with E-state index in [4.69, 9.17) is 4.42 Å². The molecule has 0 unspecified atom stereocenters. The van der Waals surface area contributed by atoms with Crippen molar-refractivity contribution in [1.29, 1.82) is 5.26 Å². The number of nitrogens with zero attached hydrogens (tertiary/aromatic N) is 3. The SMILES string of the molecule is N#Cc1cccc2c1oc1c(-c3cc(-c4ccncc4)cc(-c4ccncc4)c3)cccc12. The maximum atomic E-state index is 9.55. The zero-order valence-corrected chi connectivity index (χ0v) is 17.6. The first-order valence-electron chi connectivity index (χ1n) is 10.6. The highest BCUT2D eigenvalue weighted by Crippen LogP contribution is 2.39. The van der Waals surface area contributed by atoms with Gasteiger partial charge in [0.15, 0.2) is 5.58 Å². The zero-order valence-electron chi connectivity index (χ0n) is 17.6. The van der Waals surface area contributed by atoms with E-state index in [9.17, 15) is 5.26 Å². The molecule has 3 aromatic heterocycles. The summed E-state index contributed by atoms with van der Waals surface area (Å²) in [6.07, 6.45) is 7.21. The molecule has 0 spiro atoms. The number of aromatic nitrogens is 2. The van der Waals surface area contributed by atoms with Crippen molar-refractivity contribution in [2.75, 3.05) is 0 Å². The standard InChI is InChI=1S/C29H17N3O/c30-18-21-3-1-5-26-27-6-2-4-25(29(27)33-28(21)26)24-16-22(19-7-11-31-12-8-19)15-23(17-24)20-9-13-32-14-10-20/h1-17H. The molecule has 6 aromatic rings. The van der Waals surface area contributed by atoms with Crippen LogP contribution in [0.4, 0.5) is 0 Å². The number of fused-ring (bicyclic) bond motifs is 3. The fourth-order valence-corrected chi connectivity index (χ4v) is 4.34. The molecule has 4 heteroatoms. The van der Waals surface area contributed by atoms with E-state index < -0.39 is 0 Å². The van der Waals surface area contributed by atoms with Crippen LogP contribution in [0.1, 0.15) is 5.56 Å². The van der Waals surface area contributed by atoms with Crippen molar-refractivity contribution < 1.29 is 4.42 Å². The molecule has 3 aromatic carbocycles. The average molecular weight is 423 g/mol. The van der Waals surface area contributed by atoms with Gasteiger partial charge in [0.2, 0.25) is 0 Å². The highest BCUT2D eigenvalue weighted by Gasteiger charge is 2.16. The lowest BCUT2D eigenvalue weighted by Gasteiger charge is -2.11. The monoisotopic (exact) mass is 423 g/mol. The summed E-state index contributed by atoms with van der Waals surface area (Å²) < 4.78 is 6.31. The summed E-state index contributed by atoms with van der Waals surface area (Å²) in [6.45, 7) is 0. The molecule has 0 saturated carbocycles. The number of nitriles is 1. The maximum absolute atomic E-state index is 9.55. The molecule has 0 fully saturated rings. The second-order valence-electron chi connectivity index (χ2n) is 7.85. The minimum Gasteiger partial charge on any atom is -0.454 e. The van der Waals surface area contributed by atoms with Gasteiger partial charge in [0, 0.05) is 41.1 Å². The molecule has 0 bridgehead atoms. The van der Waals surface area contributed by atoms with Gasteiger partial charge >= 0.3 is 0 Å². The van der Waals surface area contributed by atoms with Crippen LogP contribution in [0.15, 0.2) is 108 Å². The summed E-state index contributed by atoms with van der Waals surface area (Å²) in [5, 5.41) is 11.5. The Labute approximate surface area is 190 Å². The van der Waals surface area contributed by atoms with Gasteiger partial charge in [-0.3, -0.25) is 9.97 Å². The fraction of sp³-hybridized carbons (Fsp3) is 0. The Morgan fingerprint density at radius 3 is 1.73 bits per heavy atom. The molecule has 4 nitrogen and oxygen atoms in total. The van der Waals surface area contributed by atoms with Gasteiger partial charge in [0.1, 0.15) is 11.7 Å². The van der Waals surface area contributed by atoms with E-state index in [1.165, 1.54) is 0 Å². The highest BCUT2D eigenvalue weighted by molar-refractivity contribution is 6.11. The molecule has 0 aliphatic heterocycles. The van der Waals surface area contributed by atoms with Crippen LogP contribution in [0.2, 0.25) is 0 Å². The summed E-state index contributed by atoms with van der Waals surface area (Å²) in [4.78, 5) is 8.33. The van der Waals surface area contributed by atoms with Crippen LogP contribution in [0.3, 0.4) is 0 Å². The predicted octanol–water partition coefficient (Wildman–Crippen LogP) is 7.25. The van der Waals surface area contributed by atoms with Gasteiger partial charge in [-0.2, -0.15) is 5.26 Å². The Balaban J connectivity index is 1.64. The van der Waals surface area contributed by atoms with E-state index in [2.05, 4.69) is 40.3 Å². The molecule has 3 heterocycles. The van der Waals surface area contributed by atoms with Crippen LogP contribution in [-0.4, -0.2) is 9.97 Å². The molecule has 6 rings (SSSR count).